The van der Waals surface area contributed by atoms with E-state index in [-0.39, 0.29) is 16.3 Å². The predicted molar refractivity (Wildman–Crippen MR) is 103 cm³/mol. The van der Waals surface area contributed by atoms with E-state index >= 15 is 0 Å². The summed E-state index contributed by atoms with van der Waals surface area (Å²) in [5, 5.41) is 1.99. The number of sulfonamides is 1. The Labute approximate surface area is 175 Å². The molecule has 3 rings (SSSR count). The van der Waals surface area contributed by atoms with Crippen molar-refractivity contribution >= 4 is 33.4 Å². The normalized spacial score (nSPS) is 17.4. The fourth-order valence-corrected chi connectivity index (χ4v) is 3.90. The van der Waals surface area contributed by atoms with Crippen LogP contribution in [0.3, 0.4) is 0 Å². The van der Waals surface area contributed by atoms with Crippen molar-refractivity contribution < 1.29 is 35.9 Å². The number of amides is 1. The topological polar surface area (TPSA) is 114 Å². The Morgan fingerprint density at radius 3 is 2.45 bits per heavy atom. The second-order valence-electron chi connectivity index (χ2n) is 6.55. The number of fused-ring (bicyclic) bond motifs is 1. The highest BCUT2D eigenvalue weighted by molar-refractivity contribution is 7.90. The lowest BCUT2D eigenvalue weighted by atomic mass is 10.2. The number of halogens is 3. The van der Waals surface area contributed by atoms with Crippen LogP contribution in [0.1, 0.15) is 19.4 Å². The van der Waals surface area contributed by atoms with Crippen LogP contribution >= 0.6 is 0 Å². The maximum atomic E-state index is 13.7. The Morgan fingerprint density at radius 2 is 1.74 bits per heavy atom. The molecule has 2 aromatic rings. The van der Waals surface area contributed by atoms with Gasteiger partial charge in [-0.2, -0.15) is 0 Å². The van der Waals surface area contributed by atoms with E-state index < -0.39 is 57.2 Å². The molecule has 164 valence electrons. The largest absolute Gasteiger partial charge is 0.451 e. The van der Waals surface area contributed by atoms with E-state index in [1.54, 1.807) is 6.07 Å². The van der Waals surface area contributed by atoms with Crippen molar-refractivity contribution in [3.63, 3.8) is 0 Å². The maximum Gasteiger partial charge on any atom is 0.331 e. The zero-order valence-corrected chi connectivity index (χ0v) is 17.0. The van der Waals surface area contributed by atoms with Gasteiger partial charge in [-0.25, -0.2) is 26.4 Å². The molecule has 0 spiro atoms. The number of benzene rings is 2. The second-order valence-corrected chi connectivity index (χ2v) is 8.20. The zero-order valence-electron chi connectivity index (χ0n) is 16.1. The summed E-state index contributed by atoms with van der Waals surface area (Å²) in [5.74, 6) is -6.80. The first-order chi connectivity index (χ1) is 14.5. The third kappa shape index (κ3) is 4.53. The van der Waals surface area contributed by atoms with E-state index in [1.165, 1.54) is 32.0 Å². The first-order valence-corrected chi connectivity index (χ1v) is 10.3. The van der Waals surface area contributed by atoms with E-state index in [0.29, 0.717) is 6.07 Å². The molecule has 1 amide bonds. The highest BCUT2D eigenvalue weighted by Crippen LogP contribution is 2.23. The minimum atomic E-state index is -3.80. The van der Waals surface area contributed by atoms with Gasteiger partial charge in [0.15, 0.2) is 23.6 Å². The summed E-state index contributed by atoms with van der Waals surface area (Å²) in [6, 6.07) is 6.28. The molecule has 1 aliphatic heterocycles. The standard InChI is InChI=1S/C19H16F3N3O5S/c1-9(23-17-11-5-3-4-6-14(11)31(28,29)25-17)19(27)30-10(2)18(26)24-13-8-7-12(20)15(21)16(13)22/h3-10H,1-2H3,(H,23,25)(H,24,26). The molecule has 0 saturated heterocycles. The van der Waals surface area contributed by atoms with Gasteiger partial charge in [0.25, 0.3) is 15.9 Å². The molecule has 12 heteroatoms. The van der Waals surface area contributed by atoms with E-state index in [0.717, 1.165) is 6.07 Å². The summed E-state index contributed by atoms with van der Waals surface area (Å²) in [7, 11) is -3.80. The molecule has 1 heterocycles. The predicted octanol–water partition coefficient (Wildman–Crippen LogP) is 2.10. The Kier molecular flexibility index (Phi) is 6.02. The molecule has 31 heavy (non-hydrogen) atoms. The van der Waals surface area contributed by atoms with E-state index in [2.05, 4.69) is 9.71 Å². The molecule has 0 fully saturated rings. The van der Waals surface area contributed by atoms with Gasteiger partial charge in [0, 0.05) is 5.56 Å². The van der Waals surface area contributed by atoms with Gasteiger partial charge in [-0.3, -0.25) is 14.5 Å². The highest BCUT2D eigenvalue weighted by atomic mass is 32.2. The molecule has 0 saturated carbocycles. The molecule has 2 aromatic carbocycles. The lowest BCUT2D eigenvalue weighted by Gasteiger charge is -2.16. The number of ether oxygens (including phenoxy) is 1. The molecule has 1 aliphatic rings. The van der Waals surface area contributed by atoms with Crippen LogP contribution in [-0.2, 0) is 24.3 Å². The Morgan fingerprint density at radius 1 is 1.06 bits per heavy atom. The van der Waals surface area contributed by atoms with Crippen molar-refractivity contribution in [2.24, 2.45) is 4.99 Å². The molecule has 2 N–H and O–H groups in total. The fraction of sp³-hybridized carbons (Fsp3) is 0.211. The minimum absolute atomic E-state index is 0.00983. The lowest BCUT2D eigenvalue weighted by Crippen LogP contribution is -2.34. The van der Waals surface area contributed by atoms with Gasteiger partial charge in [-0.05, 0) is 38.1 Å². The van der Waals surface area contributed by atoms with Gasteiger partial charge in [0.05, 0.1) is 10.6 Å². The molecule has 2 atom stereocenters. The summed E-state index contributed by atoms with van der Waals surface area (Å²) < 4.78 is 71.3. The first-order valence-electron chi connectivity index (χ1n) is 8.86. The number of anilines is 1. The smallest absolute Gasteiger partial charge is 0.331 e. The Hall–Kier alpha value is -3.41. The number of esters is 1. The van der Waals surface area contributed by atoms with Gasteiger partial charge < -0.3 is 10.1 Å². The van der Waals surface area contributed by atoms with E-state index in [9.17, 15) is 31.2 Å². The van der Waals surface area contributed by atoms with Crippen LogP contribution in [0.4, 0.5) is 18.9 Å². The summed E-state index contributed by atoms with van der Waals surface area (Å²) in [4.78, 5) is 28.4. The third-order valence-corrected chi connectivity index (χ3v) is 5.68. The number of hydrogen-bond acceptors (Lipinski definition) is 6. The van der Waals surface area contributed by atoms with Gasteiger partial charge in [0.2, 0.25) is 0 Å². The monoisotopic (exact) mass is 455 g/mol. The number of rotatable bonds is 5. The van der Waals surface area contributed by atoms with Gasteiger partial charge >= 0.3 is 5.97 Å². The average Bonchev–Trinajstić information content (AvgIpc) is 2.98. The Bertz CT molecular complexity index is 1200. The van der Waals surface area contributed by atoms with Crippen molar-refractivity contribution in [3.8, 4) is 0 Å². The molecule has 0 bridgehead atoms. The van der Waals surface area contributed by atoms with Gasteiger partial charge in [0.1, 0.15) is 11.9 Å². The van der Waals surface area contributed by atoms with Crippen molar-refractivity contribution in [2.45, 2.75) is 30.9 Å². The number of aliphatic imine (C=N–C) groups is 1. The first kappa shape index (κ1) is 22.3. The van der Waals surface area contributed by atoms with Crippen LogP contribution in [0.25, 0.3) is 0 Å². The molecule has 0 radical (unpaired) electrons. The molecular formula is C19H16F3N3O5S. The second kappa shape index (κ2) is 8.38. The number of carbonyl (C=O) groups excluding carboxylic acids is 2. The van der Waals surface area contributed by atoms with Crippen molar-refractivity contribution in [1.29, 1.82) is 0 Å². The van der Waals surface area contributed by atoms with Crippen molar-refractivity contribution in [3.05, 3.63) is 59.4 Å². The number of hydrogen-bond donors (Lipinski definition) is 2. The zero-order chi connectivity index (χ0) is 22.9. The van der Waals surface area contributed by atoms with Crippen LogP contribution in [0.5, 0.6) is 0 Å². The molecule has 0 aromatic heterocycles. The SMILES string of the molecule is CC(N=C1NS(=O)(=O)c2ccccc21)C(=O)OC(C)C(=O)Nc1ccc(F)c(F)c1F. The van der Waals surface area contributed by atoms with Gasteiger partial charge in [-0.1, -0.05) is 12.1 Å². The highest BCUT2D eigenvalue weighted by Gasteiger charge is 2.32. The quantitative estimate of drug-likeness (QED) is 0.530. The van der Waals surface area contributed by atoms with Crippen LogP contribution in [0, 0.1) is 17.5 Å². The number of carbonyl (C=O) groups is 2. The summed E-state index contributed by atoms with van der Waals surface area (Å²) in [5.41, 5.74) is -0.348. The third-order valence-electron chi connectivity index (χ3n) is 4.28. The summed E-state index contributed by atoms with van der Waals surface area (Å²) in [6.45, 7) is 2.50. The average molecular weight is 455 g/mol. The fourth-order valence-electron chi connectivity index (χ4n) is 2.66. The number of nitrogens with one attached hydrogen (secondary N) is 2. The molecule has 8 nitrogen and oxygen atoms in total. The van der Waals surface area contributed by atoms with E-state index in [1.807, 2.05) is 5.32 Å². The number of amidine groups is 1. The molecule has 0 aliphatic carbocycles. The summed E-state index contributed by atoms with van der Waals surface area (Å²) >= 11 is 0. The molecular weight excluding hydrogens is 439 g/mol. The number of nitrogens with zero attached hydrogens (tertiary/aromatic N) is 1. The van der Waals surface area contributed by atoms with Crippen LogP contribution < -0.4 is 10.0 Å². The summed E-state index contributed by atoms with van der Waals surface area (Å²) in [6.07, 6.45) is -1.43. The van der Waals surface area contributed by atoms with Crippen LogP contribution in [-0.4, -0.2) is 38.3 Å². The van der Waals surface area contributed by atoms with Gasteiger partial charge in [-0.15, -0.1) is 0 Å². The van der Waals surface area contributed by atoms with Crippen molar-refractivity contribution in [1.82, 2.24) is 4.72 Å². The molecule has 2 unspecified atom stereocenters. The van der Waals surface area contributed by atoms with Crippen LogP contribution in [0.15, 0.2) is 46.3 Å². The van der Waals surface area contributed by atoms with Crippen molar-refractivity contribution in [2.75, 3.05) is 5.32 Å². The Balaban J connectivity index is 1.68. The van der Waals surface area contributed by atoms with E-state index in [4.69, 9.17) is 4.74 Å². The lowest BCUT2D eigenvalue weighted by molar-refractivity contribution is -0.154. The van der Waals surface area contributed by atoms with Crippen LogP contribution in [0.2, 0.25) is 0 Å². The maximum absolute atomic E-state index is 13.7. The minimum Gasteiger partial charge on any atom is -0.451 e.